The van der Waals surface area contributed by atoms with Crippen LogP contribution in [0.4, 0.5) is 0 Å². The molecule has 1 unspecified atom stereocenters. The van der Waals surface area contributed by atoms with Gasteiger partial charge in [-0.05, 0) is 56.6 Å². The van der Waals surface area contributed by atoms with Crippen molar-refractivity contribution in [1.29, 1.82) is 0 Å². The average Bonchev–Trinajstić information content (AvgIpc) is 3.12. The van der Waals surface area contributed by atoms with Crippen LogP contribution in [-0.2, 0) is 6.42 Å². The summed E-state index contributed by atoms with van der Waals surface area (Å²) < 4.78 is 0. The lowest BCUT2D eigenvalue weighted by Crippen LogP contribution is -2.39. The first-order chi connectivity index (χ1) is 15.0. The fraction of sp³-hybridized carbons (Fsp3) is 0.423. The highest BCUT2D eigenvalue weighted by Crippen LogP contribution is 2.40. The molecule has 3 heterocycles. The van der Waals surface area contributed by atoms with Crippen molar-refractivity contribution in [2.24, 2.45) is 0 Å². The topological polar surface area (TPSA) is 47.2 Å². The average molecular weight is 418 g/mol. The Morgan fingerprint density at radius 3 is 2.84 bits per heavy atom. The molecule has 31 heavy (non-hydrogen) atoms. The smallest absolute Gasteiger partial charge is 0.138 e. The molecule has 1 atom stereocenters. The highest BCUT2D eigenvalue weighted by Gasteiger charge is 2.30. The molecular weight excluding hydrogens is 382 g/mol. The van der Waals surface area contributed by atoms with Gasteiger partial charge in [0, 0.05) is 49.1 Å². The molecule has 0 spiro atoms. The third-order valence-corrected chi connectivity index (χ3v) is 6.05. The molecule has 0 fully saturated rings. The molecule has 0 radical (unpaired) electrons. The van der Waals surface area contributed by atoms with Crippen LogP contribution in [0, 0.1) is 6.92 Å². The van der Waals surface area contributed by atoms with Crippen molar-refractivity contribution in [2.45, 2.75) is 39.3 Å². The summed E-state index contributed by atoms with van der Waals surface area (Å²) in [5.41, 5.74) is 8.56. The van der Waals surface area contributed by atoms with Gasteiger partial charge in [0.1, 0.15) is 11.8 Å². The second-order valence-corrected chi connectivity index (χ2v) is 8.99. The van der Waals surface area contributed by atoms with Gasteiger partial charge in [-0.1, -0.05) is 37.6 Å². The number of nitrogens with one attached hydrogen (secondary N) is 2. The number of likely N-dealkylation sites (N-methyl/N-ethyl adjacent to an activating group) is 1. The number of nitrogens with zero attached hydrogens (tertiary/aromatic N) is 3. The van der Waals surface area contributed by atoms with E-state index in [0.29, 0.717) is 0 Å². The predicted octanol–water partition coefficient (Wildman–Crippen LogP) is 4.70. The third-order valence-electron chi connectivity index (χ3n) is 6.05. The first-order valence-electron chi connectivity index (χ1n) is 11.4. The van der Waals surface area contributed by atoms with Crippen molar-refractivity contribution in [2.75, 3.05) is 34.2 Å². The Bertz CT molecular complexity index is 1080. The predicted molar refractivity (Wildman–Crippen MR) is 130 cm³/mol. The van der Waals surface area contributed by atoms with Gasteiger partial charge in [-0.25, -0.2) is 4.98 Å². The number of aromatic nitrogens is 2. The molecule has 0 amide bonds. The van der Waals surface area contributed by atoms with Crippen LogP contribution in [0.5, 0.6) is 0 Å². The van der Waals surface area contributed by atoms with Crippen LogP contribution in [0.1, 0.15) is 53.9 Å². The van der Waals surface area contributed by atoms with Crippen molar-refractivity contribution in [3.8, 4) is 0 Å². The molecule has 2 N–H and O–H groups in total. The number of pyridine rings is 1. The lowest BCUT2D eigenvalue weighted by atomic mass is 9.91. The molecule has 0 aliphatic carbocycles. The van der Waals surface area contributed by atoms with Gasteiger partial charge >= 0.3 is 0 Å². The van der Waals surface area contributed by atoms with Crippen LogP contribution in [0.15, 0.2) is 42.7 Å². The van der Waals surface area contributed by atoms with Gasteiger partial charge in [0.2, 0.25) is 0 Å². The van der Waals surface area contributed by atoms with Gasteiger partial charge in [-0.3, -0.25) is 5.32 Å². The normalized spacial score (nSPS) is 16.1. The molecule has 1 aliphatic rings. The van der Waals surface area contributed by atoms with E-state index in [9.17, 15) is 0 Å². The Morgan fingerprint density at radius 2 is 2.06 bits per heavy atom. The van der Waals surface area contributed by atoms with Crippen LogP contribution in [0.3, 0.4) is 0 Å². The summed E-state index contributed by atoms with van der Waals surface area (Å²) in [7, 11) is 6.37. The largest absolute Gasteiger partial charge is 0.359 e. The van der Waals surface area contributed by atoms with Gasteiger partial charge < -0.3 is 14.8 Å². The summed E-state index contributed by atoms with van der Waals surface area (Å²) in [4.78, 5) is 12.8. The molecule has 3 aromatic rings. The molecule has 1 aliphatic heterocycles. The summed E-state index contributed by atoms with van der Waals surface area (Å²) in [6.07, 6.45) is 7.90. The number of aromatic amines is 1. The summed E-state index contributed by atoms with van der Waals surface area (Å²) in [6, 6.07) is 11.3. The molecule has 2 aromatic heterocycles. The summed E-state index contributed by atoms with van der Waals surface area (Å²) >= 11 is 0. The van der Waals surface area contributed by atoms with Crippen LogP contribution in [0.2, 0.25) is 0 Å². The van der Waals surface area contributed by atoms with Crippen LogP contribution < -0.4 is 5.32 Å². The molecule has 0 saturated heterocycles. The zero-order chi connectivity index (χ0) is 22.0. The van der Waals surface area contributed by atoms with E-state index in [1.807, 2.05) is 6.20 Å². The Balaban J connectivity index is 1.79. The molecule has 1 aromatic carbocycles. The summed E-state index contributed by atoms with van der Waals surface area (Å²) in [6.45, 7) is 6.27. The molecule has 4 rings (SSSR count). The molecule has 0 saturated carbocycles. The van der Waals surface area contributed by atoms with E-state index in [0.717, 1.165) is 25.2 Å². The van der Waals surface area contributed by atoms with Gasteiger partial charge in [-0.15, -0.1) is 0 Å². The van der Waals surface area contributed by atoms with Crippen molar-refractivity contribution in [3.63, 3.8) is 0 Å². The number of hydrogen-bond acceptors (Lipinski definition) is 4. The van der Waals surface area contributed by atoms with Crippen LogP contribution >= 0.6 is 0 Å². The zero-order valence-corrected chi connectivity index (χ0v) is 19.5. The first kappa shape index (κ1) is 21.6. The van der Waals surface area contributed by atoms with Crippen molar-refractivity contribution in [3.05, 3.63) is 70.7 Å². The maximum Gasteiger partial charge on any atom is 0.138 e. The fourth-order valence-corrected chi connectivity index (χ4v) is 4.40. The zero-order valence-electron chi connectivity index (χ0n) is 19.5. The highest BCUT2D eigenvalue weighted by molar-refractivity contribution is 5.98. The number of unbranched alkanes of at least 4 members (excludes halogenated alkanes) is 1. The van der Waals surface area contributed by atoms with Crippen LogP contribution in [0.25, 0.3) is 16.6 Å². The van der Waals surface area contributed by atoms with Crippen molar-refractivity contribution in [1.82, 2.24) is 25.1 Å². The Labute approximate surface area is 186 Å². The van der Waals surface area contributed by atoms with Crippen molar-refractivity contribution < 1.29 is 0 Å². The summed E-state index contributed by atoms with van der Waals surface area (Å²) in [5, 5.41) is 4.93. The van der Waals surface area contributed by atoms with Crippen LogP contribution in [-0.4, -0.2) is 54.0 Å². The minimum atomic E-state index is 0.0940. The lowest BCUT2D eigenvalue weighted by molar-refractivity contribution is 0.260. The van der Waals surface area contributed by atoms with E-state index >= 15 is 0 Å². The maximum atomic E-state index is 4.70. The molecule has 0 bridgehead atoms. The number of benzene rings is 1. The second kappa shape index (κ2) is 9.25. The fourth-order valence-electron chi connectivity index (χ4n) is 4.40. The van der Waals surface area contributed by atoms with Gasteiger partial charge in [0.15, 0.2) is 0 Å². The second-order valence-electron chi connectivity index (χ2n) is 8.99. The number of H-pyrrole nitrogens is 1. The Kier molecular flexibility index (Phi) is 6.44. The van der Waals surface area contributed by atoms with E-state index in [4.69, 9.17) is 4.98 Å². The number of fused-ring (bicyclic) bond motifs is 3. The maximum absolute atomic E-state index is 4.70. The first-order valence-corrected chi connectivity index (χ1v) is 11.4. The number of hydrogen-bond donors (Lipinski definition) is 2. The Morgan fingerprint density at radius 1 is 1.23 bits per heavy atom. The van der Waals surface area contributed by atoms with Gasteiger partial charge in [0.05, 0.1) is 5.69 Å². The monoisotopic (exact) mass is 417 g/mol. The lowest BCUT2D eigenvalue weighted by Gasteiger charge is -2.34. The SMILES string of the molecule is CCCCc1cccc(C2=CN(C)C(NCCN(C)C)c3[nH]c4ncc(C)cc4c32)c1. The van der Waals surface area contributed by atoms with E-state index in [-0.39, 0.29) is 6.17 Å². The molecule has 5 heteroatoms. The van der Waals surface area contributed by atoms with E-state index in [2.05, 4.69) is 91.6 Å². The molecule has 5 nitrogen and oxygen atoms in total. The third kappa shape index (κ3) is 4.53. The quantitative estimate of drug-likeness (QED) is 0.558. The van der Waals surface area contributed by atoms with Crippen molar-refractivity contribution >= 4 is 16.6 Å². The highest BCUT2D eigenvalue weighted by atomic mass is 15.3. The van der Waals surface area contributed by atoms with E-state index in [1.54, 1.807) is 0 Å². The Hall–Kier alpha value is -2.63. The minimum Gasteiger partial charge on any atom is -0.359 e. The summed E-state index contributed by atoms with van der Waals surface area (Å²) in [5.74, 6) is 0. The molecule has 164 valence electrons. The number of rotatable bonds is 8. The molecular formula is C26H35N5. The minimum absolute atomic E-state index is 0.0940. The van der Waals surface area contributed by atoms with E-state index < -0.39 is 0 Å². The van der Waals surface area contributed by atoms with E-state index in [1.165, 1.54) is 51.7 Å². The van der Waals surface area contributed by atoms with Gasteiger partial charge in [-0.2, -0.15) is 0 Å². The van der Waals surface area contributed by atoms with Gasteiger partial charge in [0.25, 0.3) is 0 Å². The number of aryl methyl sites for hydroxylation is 2. The standard InChI is InChI=1S/C26H35N5/c1-6-7-9-19-10-8-11-20(15-19)22-17-31(5)26(27-12-13-30(3)4)24-23(22)21-14-18(2)16-28-25(21)29-24/h8,10-11,14-17,26-27H,6-7,9,12-13H2,1-5H3,(H,28,29).